The van der Waals surface area contributed by atoms with Crippen molar-refractivity contribution in [3.8, 4) is 5.75 Å². The summed E-state index contributed by atoms with van der Waals surface area (Å²) in [5.41, 5.74) is 0.583. The Labute approximate surface area is 152 Å². The Balaban J connectivity index is 1.74. The number of aromatic nitrogens is 3. The van der Waals surface area contributed by atoms with Gasteiger partial charge in [0, 0.05) is 13.1 Å². The molecule has 1 amide bonds. The number of ether oxygens (including phenoxy) is 1. The normalized spacial score (nSPS) is 15.9. The van der Waals surface area contributed by atoms with Crippen molar-refractivity contribution in [1.29, 1.82) is 0 Å². The Kier molecular flexibility index (Phi) is 5.22. The summed E-state index contributed by atoms with van der Waals surface area (Å²) in [5, 5.41) is 9.96. The number of nitrogens with one attached hydrogen (secondary N) is 2. The van der Waals surface area contributed by atoms with Gasteiger partial charge in [-0.2, -0.15) is 5.10 Å². The van der Waals surface area contributed by atoms with Crippen LogP contribution in [0.15, 0.2) is 24.3 Å². The third-order valence-electron chi connectivity index (χ3n) is 5.08. The summed E-state index contributed by atoms with van der Waals surface area (Å²) < 4.78 is 7.81. The van der Waals surface area contributed by atoms with Crippen molar-refractivity contribution < 1.29 is 9.53 Å². The van der Waals surface area contributed by atoms with E-state index >= 15 is 0 Å². The molecule has 6 nitrogen and oxygen atoms in total. The Morgan fingerprint density at radius 3 is 2.84 bits per heavy atom. The van der Waals surface area contributed by atoms with Crippen molar-refractivity contribution in [2.45, 2.75) is 44.6 Å². The third-order valence-corrected chi connectivity index (χ3v) is 5.40. The van der Waals surface area contributed by atoms with Crippen LogP contribution in [0.1, 0.15) is 37.1 Å². The van der Waals surface area contributed by atoms with E-state index in [2.05, 4.69) is 15.5 Å². The lowest BCUT2D eigenvalue weighted by Crippen LogP contribution is -2.43. The number of hydrogen-bond donors (Lipinski definition) is 2. The molecule has 1 fully saturated rings. The number of carbonyl (C=O) groups excluding carboxylic acids is 1. The van der Waals surface area contributed by atoms with Crippen LogP contribution in [0.25, 0.3) is 0 Å². The zero-order valence-corrected chi connectivity index (χ0v) is 15.5. The predicted octanol–water partition coefficient (Wildman–Crippen LogP) is 2.89. The first kappa shape index (κ1) is 17.7. The van der Waals surface area contributed by atoms with Crippen LogP contribution in [0.2, 0.25) is 0 Å². The van der Waals surface area contributed by atoms with Gasteiger partial charge in [0.25, 0.3) is 0 Å². The molecule has 1 aromatic carbocycles. The number of aryl methyl sites for hydroxylation is 1. The molecule has 1 saturated carbocycles. The number of rotatable bonds is 6. The van der Waals surface area contributed by atoms with Crippen LogP contribution in [-0.2, 0) is 16.8 Å². The van der Waals surface area contributed by atoms with Gasteiger partial charge in [-0.25, -0.2) is 0 Å². The summed E-state index contributed by atoms with van der Waals surface area (Å²) in [6, 6.07) is 7.88. The fraction of sp³-hybridized carbons (Fsp3) is 0.500. The van der Waals surface area contributed by atoms with Crippen molar-refractivity contribution in [1.82, 2.24) is 20.1 Å². The zero-order valence-electron chi connectivity index (χ0n) is 14.7. The SMILES string of the molecule is COc1cccc(C2(C(=O)NCCn3c(C)n[nH]c3=S)CCCC2)c1. The molecular weight excluding hydrogens is 336 g/mol. The number of amides is 1. The highest BCUT2D eigenvalue weighted by molar-refractivity contribution is 7.71. The summed E-state index contributed by atoms with van der Waals surface area (Å²) in [6.45, 7) is 3.03. The van der Waals surface area contributed by atoms with E-state index < -0.39 is 5.41 Å². The maximum absolute atomic E-state index is 13.1. The summed E-state index contributed by atoms with van der Waals surface area (Å²) in [5.74, 6) is 1.70. The molecule has 134 valence electrons. The van der Waals surface area contributed by atoms with Crippen molar-refractivity contribution in [3.63, 3.8) is 0 Å². The zero-order chi connectivity index (χ0) is 17.9. The molecule has 0 unspecified atom stereocenters. The number of hydrogen-bond acceptors (Lipinski definition) is 4. The second-order valence-corrected chi connectivity index (χ2v) is 6.89. The summed E-state index contributed by atoms with van der Waals surface area (Å²) in [4.78, 5) is 13.1. The predicted molar refractivity (Wildman–Crippen MR) is 98.3 cm³/mol. The summed E-state index contributed by atoms with van der Waals surface area (Å²) in [7, 11) is 1.65. The van der Waals surface area contributed by atoms with Gasteiger partial charge in [0.05, 0.1) is 12.5 Å². The van der Waals surface area contributed by atoms with Gasteiger partial charge in [-0.3, -0.25) is 9.89 Å². The van der Waals surface area contributed by atoms with Gasteiger partial charge < -0.3 is 14.6 Å². The van der Waals surface area contributed by atoms with Crippen molar-refractivity contribution in [3.05, 3.63) is 40.4 Å². The Morgan fingerprint density at radius 2 is 2.20 bits per heavy atom. The van der Waals surface area contributed by atoms with E-state index in [1.54, 1.807) is 7.11 Å². The first-order valence-corrected chi connectivity index (χ1v) is 9.02. The van der Waals surface area contributed by atoms with Gasteiger partial charge in [0.1, 0.15) is 11.6 Å². The molecule has 0 aliphatic heterocycles. The van der Waals surface area contributed by atoms with E-state index in [-0.39, 0.29) is 5.91 Å². The van der Waals surface area contributed by atoms with Gasteiger partial charge in [-0.05, 0) is 49.7 Å². The van der Waals surface area contributed by atoms with Gasteiger partial charge in [-0.1, -0.05) is 25.0 Å². The second kappa shape index (κ2) is 7.39. The standard InChI is InChI=1S/C18H24N4O2S/c1-13-20-21-17(25)22(13)11-10-19-16(23)18(8-3-4-9-18)14-6-5-7-15(12-14)24-2/h5-7,12H,3-4,8-11H2,1-2H3,(H,19,23)(H,21,25). The molecule has 2 aromatic rings. The van der Waals surface area contributed by atoms with Gasteiger partial charge in [0.15, 0.2) is 4.77 Å². The first-order chi connectivity index (χ1) is 12.1. The minimum atomic E-state index is -0.457. The van der Waals surface area contributed by atoms with Crippen LogP contribution in [0.4, 0.5) is 0 Å². The monoisotopic (exact) mass is 360 g/mol. The van der Waals surface area contributed by atoms with E-state index in [1.165, 1.54) is 0 Å². The Morgan fingerprint density at radius 1 is 1.44 bits per heavy atom. The van der Waals surface area contributed by atoms with Crippen molar-refractivity contribution in [2.75, 3.05) is 13.7 Å². The van der Waals surface area contributed by atoms with E-state index in [0.717, 1.165) is 42.8 Å². The maximum atomic E-state index is 13.1. The molecule has 0 bridgehead atoms. The molecule has 1 aliphatic rings. The summed E-state index contributed by atoms with van der Waals surface area (Å²) in [6.07, 6.45) is 3.87. The minimum Gasteiger partial charge on any atom is -0.497 e. The van der Waals surface area contributed by atoms with E-state index in [1.807, 2.05) is 35.8 Å². The molecule has 1 heterocycles. The average Bonchev–Trinajstić information content (AvgIpc) is 3.24. The van der Waals surface area contributed by atoms with Crippen LogP contribution in [0.3, 0.4) is 0 Å². The molecule has 0 saturated heterocycles. The lowest BCUT2D eigenvalue weighted by molar-refractivity contribution is -0.126. The fourth-order valence-corrected chi connectivity index (χ4v) is 3.93. The lowest BCUT2D eigenvalue weighted by atomic mass is 9.78. The van der Waals surface area contributed by atoms with Crippen LogP contribution in [0.5, 0.6) is 5.75 Å². The van der Waals surface area contributed by atoms with E-state index in [0.29, 0.717) is 17.9 Å². The molecule has 0 spiro atoms. The molecule has 0 atom stereocenters. The average molecular weight is 360 g/mol. The molecular formula is C18H24N4O2S. The quantitative estimate of drug-likeness (QED) is 0.777. The number of carbonyl (C=O) groups is 1. The van der Waals surface area contributed by atoms with Gasteiger partial charge in [0.2, 0.25) is 5.91 Å². The molecule has 1 aromatic heterocycles. The van der Waals surface area contributed by atoms with Gasteiger partial charge >= 0.3 is 0 Å². The molecule has 1 aliphatic carbocycles. The van der Waals surface area contributed by atoms with Crippen LogP contribution >= 0.6 is 12.2 Å². The van der Waals surface area contributed by atoms with Crippen LogP contribution < -0.4 is 10.1 Å². The highest BCUT2D eigenvalue weighted by Gasteiger charge is 2.42. The first-order valence-electron chi connectivity index (χ1n) is 8.61. The molecule has 25 heavy (non-hydrogen) atoms. The third kappa shape index (κ3) is 3.46. The topological polar surface area (TPSA) is 71.9 Å². The molecule has 7 heteroatoms. The van der Waals surface area contributed by atoms with Crippen LogP contribution in [0, 0.1) is 11.7 Å². The Bertz CT molecular complexity index is 805. The number of methoxy groups -OCH3 is 1. The molecule has 3 rings (SSSR count). The summed E-state index contributed by atoms with van der Waals surface area (Å²) >= 11 is 5.20. The highest BCUT2D eigenvalue weighted by Crippen LogP contribution is 2.42. The number of benzene rings is 1. The number of aromatic amines is 1. The highest BCUT2D eigenvalue weighted by atomic mass is 32.1. The Hall–Kier alpha value is -2.15. The lowest BCUT2D eigenvalue weighted by Gasteiger charge is -2.28. The second-order valence-electron chi connectivity index (χ2n) is 6.50. The minimum absolute atomic E-state index is 0.0888. The van der Waals surface area contributed by atoms with Gasteiger partial charge in [-0.15, -0.1) is 0 Å². The van der Waals surface area contributed by atoms with Crippen molar-refractivity contribution in [2.24, 2.45) is 0 Å². The number of nitrogens with zero attached hydrogens (tertiary/aromatic N) is 2. The number of H-pyrrole nitrogens is 1. The fourth-order valence-electron chi connectivity index (χ4n) is 3.66. The molecule has 2 N–H and O–H groups in total. The van der Waals surface area contributed by atoms with Crippen molar-refractivity contribution >= 4 is 18.1 Å². The molecule has 0 radical (unpaired) electrons. The maximum Gasteiger partial charge on any atom is 0.230 e. The largest absolute Gasteiger partial charge is 0.497 e. The van der Waals surface area contributed by atoms with Crippen LogP contribution in [-0.4, -0.2) is 34.3 Å². The van der Waals surface area contributed by atoms with E-state index in [4.69, 9.17) is 17.0 Å². The smallest absolute Gasteiger partial charge is 0.230 e. The van der Waals surface area contributed by atoms with E-state index in [9.17, 15) is 4.79 Å².